The average molecular weight is 290 g/mol. The fourth-order valence-electron chi connectivity index (χ4n) is 2.50. The molecule has 0 aromatic carbocycles. The minimum Gasteiger partial charge on any atom is -0.378 e. The van der Waals surface area contributed by atoms with E-state index in [4.69, 9.17) is 4.74 Å². The van der Waals surface area contributed by atoms with Crippen LogP contribution in [0.25, 0.3) is 0 Å². The van der Waals surface area contributed by atoms with E-state index in [1.54, 1.807) is 11.8 Å². The molecular weight excluding hydrogens is 272 g/mol. The van der Waals surface area contributed by atoms with E-state index < -0.39 is 0 Å². The zero-order chi connectivity index (χ0) is 14.7. The summed E-state index contributed by atoms with van der Waals surface area (Å²) in [6.07, 6.45) is 3.14. The molecule has 1 atom stereocenters. The number of amides is 1. The number of carbonyl (C=O) groups excluding carboxylic acids is 1. The Bertz CT molecular complexity index is 620. The van der Waals surface area contributed by atoms with Crippen molar-refractivity contribution in [3.05, 3.63) is 29.6 Å². The number of carbonyl (C=O) groups is 1. The number of methoxy groups -OCH3 is 1. The van der Waals surface area contributed by atoms with E-state index >= 15 is 0 Å². The van der Waals surface area contributed by atoms with Gasteiger partial charge in [-0.15, -0.1) is 0 Å². The molecule has 1 aliphatic heterocycles. The van der Waals surface area contributed by atoms with Crippen LogP contribution in [-0.4, -0.2) is 38.0 Å². The molecule has 0 bridgehead atoms. The summed E-state index contributed by atoms with van der Waals surface area (Å²) in [5.74, 6) is 0.941. The normalized spacial score (nSPS) is 17.5. The third-order valence-electron chi connectivity index (χ3n) is 3.61. The molecule has 21 heavy (non-hydrogen) atoms. The molecule has 0 saturated carbocycles. The monoisotopic (exact) mass is 290 g/mol. The summed E-state index contributed by atoms with van der Waals surface area (Å²) in [6.45, 7) is 1.50. The van der Waals surface area contributed by atoms with Crippen molar-refractivity contribution in [1.82, 2.24) is 30.3 Å². The largest absolute Gasteiger partial charge is 0.378 e. The first-order valence-corrected chi connectivity index (χ1v) is 6.92. The summed E-state index contributed by atoms with van der Waals surface area (Å²) in [5, 5.41) is 14.0. The van der Waals surface area contributed by atoms with Crippen LogP contribution in [0.4, 0.5) is 0 Å². The highest BCUT2D eigenvalue weighted by Gasteiger charge is 2.25. The van der Waals surface area contributed by atoms with Crippen molar-refractivity contribution in [2.24, 2.45) is 5.92 Å². The van der Waals surface area contributed by atoms with E-state index in [2.05, 4.69) is 25.6 Å². The van der Waals surface area contributed by atoms with Gasteiger partial charge >= 0.3 is 0 Å². The smallest absolute Gasteiger partial charge is 0.225 e. The van der Waals surface area contributed by atoms with Crippen molar-refractivity contribution in [2.75, 3.05) is 7.11 Å². The molecule has 3 heterocycles. The Morgan fingerprint density at radius 3 is 3.38 bits per heavy atom. The van der Waals surface area contributed by atoms with Gasteiger partial charge in [0.25, 0.3) is 0 Å². The van der Waals surface area contributed by atoms with E-state index in [0.717, 1.165) is 30.1 Å². The molecule has 3 rings (SSSR count). The van der Waals surface area contributed by atoms with Crippen LogP contribution < -0.4 is 5.32 Å². The summed E-state index contributed by atoms with van der Waals surface area (Å²) in [7, 11) is 1.62. The van der Waals surface area contributed by atoms with Crippen molar-refractivity contribution < 1.29 is 9.53 Å². The molecular formula is C13H18N6O2. The predicted octanol–water partition coefficient (Wildman–Crippen LogP) is 0.0264. The molecule has 112 valence electrons. The Balaban J connectivity index is 1.52. The average Bonchev–Trinajstić information content (AvgIpc) is 3.13. The number of nitrogens with one attached hydrogen (secondary N) is 2. The fraction of sp³-hybridized carbons (Fsp3) is 0.538. The SMILES string of the molecule is COCc1cc(CNC(=O)C2CCc3ncnn3C2)[nH]n1. The zero-order valence-electron chi connectivity index (χ0n) is 11.9. The van der Waals surface area contributed by atoms with Crippen molar-refractivity contribution in [1.29, 1.82) is 0 Å². The highest BCUT2D eigenvalue weighted by atomic mass is 16.5. The molecule has 2 aromatic heterocycles. The lowest BCUT2D eigenvalue weighted by Gasteiger charge is -2.21. The van der Waals surface area contributed by atoms with Crippen molar-refractivity contribution >= 4 is 5.91 Å². The van der Waals surface area contributed by atoms with Gasteiger partial charge in [-0.3, -0.25) is 9.89 Å². The molecule has 0 spiro atoms. The second kappa shape index (κ2) is 6.04. The first-order chi connectivity index (χ1) is 10.3. The second-order valence-corrected chi connectivity index (χ2v) is 5.13. The van der Waals surface area contributed by atoms with Gasteiger partial charge < -0.3 is 10.1 Å². The molecule has 0 fully saturated rings. The van der Waals surface area contributed by atoms with Crippen LogP contribution in [0.5, 0.6) is 0 Å². The number of aromatic amines is 1. The number of nitrogens with zero attached hydrogens (tertiary/aromatic N) is 4. The maximum Gasteiger partial charge on any atom is 0.225 e. The number of hydrogen-bond acceptors (Lipinski definition) is 5. The van der Waals surface area contributed by atoms with Crippen molar-refractivity contribution in [3.8, 4) is 0 Å². The second-order valence-electron chi connectivity index (χ2n) is 5.13. The Hall–Kier alpha value is -2.22. The zero-order valence-corrected chi connectivity index (χ0v) is 11.9. The first kappa shape index (κ1) is 13.7. The number of aryl methyl sites for hydroxylation is 1. The maximum absolute atomic E-state index is 12.2. The van der Waals surface area contributed by atoms with Gasteiger partial charge in [-0.2, -0.15) is 10.2 Å². The summed E-state index contributed by atoms with van der Waals surface area (Å²) in [5.41, 5.74) is 1.69. The number of hydrogen-bond donors (Lipinski definition) is 2. The molecule has 8 heteroatoms. The van der Waals surface area contributed by atoms with Crippen LogP contribution >= 0.6 is 0 Å². The predicted molar refractivity (Wildman–Crippen MR) is 73.0 cm³/mol. The summed E-state index contributed by atoms with van der Waals surface area (Å²) < 4.78 is 6.81. The quantitative estimate of drug-likeness (QED) is 0.809. The van der Waals surface area contributed by atoms with Gasteiger partial charge in [0, 0.05) is 13.5 Å². The lowest BCUT2D eigenvalue weighted by molar-refractivity contribution is -0.126. The lowest BCUT2D eigenvalue weighted by Crippen LogP contribution is -2.36. The van der Waals surface area contributed by atoms with Crippen LogP contribution in [-0.2, 0) is 35.6 Å². The van der Waals surface area contributed by atoms with Gasteiger partial charge in [-0.05, 0) is 12.5 Å². The van der Waals surface area contributed by atoms with Crippen LogP contribution in [0, 0.1) is 5.92 Å². The van der Waals surface area contributed by atoms with Crippen LogP contribution in [0.15, 0.2) is 12.4 Å². The van der Waals surface area contributed by atoms with Gasteiger partial charge in [0.2, 0.25) is 5.91 Å². The topological polar surface area (TPSA) is 97.7 Å². The highest BCUT2D eigenvalue weighted by Crippen LogP contribution is 2.17. The third-order valence-corrected chi connectivity index (χ3v) is 3.61. The van der Waals surface area contributed by atoms with Gasteiger partial charge in [0.05, 0.1) is 37.0 Å². The summed E-state index contributed by atoms with van der Waals surface area (Å²) in [6, 6.07) is 1.89. The van der Waals surface area contributed by atoms with E-state index in [1.807, 2.05) is 6.07 Å². The summed E-state index contributed by atoms with van der Waals surface area (Å²) >= 11 is 0. The number of rotatable bonds is 5. The number of aromatic nitrogens is 5. The molecule has 2 aromatic rings. The van der Waals surface area contributed by atoms with E-state index in [-0.39, 0.29) is 11.8 Å². The number of fused-ring (bicyclic) bond motifs is 1. The van der Waals surface area contributed by atoms with Crippen molar-refractivity contribution in [3.63, 3.8) is 0 Å². The highest BCUT2D eigenvalue weighted by molar-refractivity contribution is 5.78. The van der Waals surface area contributed by atoms with Gasteiger partial charge in [0.15, 0.2) is 0 Å². The minimum absolute atomic E-state index is 0.0408. The molecule has 1 aliphatic rings. The molecule has 2 N–H and O–H groups in total. The molecule has 1 unspecified atom stereocenters. The van der Waals surface area contributed by atoms with E-state index in [0.29, 0.717) is 19.7 Å². The minimum atomic E-state index is -0.0550. The number of ether oxygens (including phenoxy) is 1. The molecule has 0 saturated heterocycles. The van der Waals surface area contributed by atoms with Gasteiger partial charge in [0.1, 0.15) is 12.2 Å². The van der Waals surface area contributed by atoms with E-state index in [1.165, 1.54) is 6.33 Å². The molecule has 0 radical (unpaired) electrons. The molecule has 0 aliphatic carbocycles. The molecule has 1 amide bonds. The Labute approximate surface area is 121 Å². The first-order valence-electron chi connectivity index (χ1n) is 6.92. The fourth-order valence-corrected chi connectivity index (χ4v) is 2.50. The maximum atomic E-state index is 12.2. The number of H-pyrrole nitrogens is 1. The van der Waals surface area contributed by atoms with Gasteiger partial charge in [-0.25, -0.2) is 9.67 Å². The van der Waals surface area contributed by atoms with Crippen LogP contribution in [0.3, 0.4) is 0 Å². The Morgan fingerprint density at radius 2 is 2.52 bits per heavy atom. The lowest BCUT2D eigenvalue weighted by atomic mass is 9.99. The van der Waals surface area contributed by atoms with Gasteiger partial charge in [-0.1, -0.05) is 0 Å². The molecule has 8 nitrogen and oxygen atoms in total. The standard InChI is InChI=1S/C13H18N6O2/c1-21-7-11-4-10(17-18-11)5-14-13(20)9-2-3-12-15-8-16-19(12)6-9/h4,8-9H,2-3,5-7H2,1H3,(H,14,20)(H,17,18). The Kier molecular flexibility index (Phi) is 3.96. The van der Waals surface area contributed by atoms with E-state index in [9.17, 15) is 4.79 Å². The van der Waals surface area contributed by atoms with Crippen LogP contribution in [0.2, 0.25) is 0 Å². The third kappa shape index (κ3) is 3.10. The van der Waals surface area contributed by atoms with Crippen LogP contribution in [0.1, 0.15) is 23.6 Å². The van der Waals surface area contributed by atoms with Crippen molar-refractivity contribution in [2.45, 2.75) is 32.5 Å². The Morgan fingerprint density at radius 1 is 1.62 bits per heavy atom. The summed E-state index contributed by atoms with van der Waals surface area (Å²) in [4.78, 5) is 16.4.